The zero-order chi connectivity index (χ0) is 22.9. The fourth-order valence-electron chi connectivity index (χ4n) is 4.42. The maximum atomic E-state index is 12.7. The molecule has 3 nitrogen and oxygen atoms in total. The summed E-state index contributed by atoms with van der Waals surface area (Å²) in [4.78, 5) is 26.7. The summed E-state index contributed by atoms with van der Waals surface area (Å²) in [7, 11) is 0. The summed E-state index contributed by atoms with van der Waals surface area (Å²) in [5, 5.41) is 9.39. The molecule has 0 fully saturated rings. The van der Waals surface area contributed by atoms with E-state index in [1.165, 1.54) is 20.9 Å². The number of thiophene rings is 1. The lowest BCUT2D eigenvalue weighted by molar-refractivity contribution is -0.129. The quantitative estimate of drug-likeness (QED) is 0.494. The van der Waals surface area contributed by atoms with Crippen molar-refractivity contribution in [2.45, 2.75) is 80.1 Å². The van der Waals surface area contributed by atoms with Crippen molar-refractivity contribution < 1.29 is 14.7 Å². The molecule has 2 aromatic rings. The third-order valence-electron chi connectivity index (χ3n) is 6.39. The number of carboxylic acid groups (broad SMARTS) is 1. The average Bonchev–Trinajstić information content (AvgIpc) is 3.02. The maximum absolute atomic E-state index is 12.7. The van der Waals surface area contributed by atoms with Gasteiger partial charge in [-0.05, 0) is 61.9 Å². The minimum absolute atomic E-state index is 0.00931. The molecule has 1 aromatic carbocycles. The summed E-state index contributed by atoms with van der Waals surface area (Å²) < 4.78 is 0. The van der Waals surface area contributed by atoms with Crippen LogP contribution in [0.2, 0.25) is 0 Å². The molecular formula is C26H36O3S. The molecule has 0 amide bonds. The van der Waals surface area contributed by atoms with Crippen LogP contribution in [-0.2, 0) is 16.6 Å². The minimum atomic E-state index is -0.885. The summed E-state index contributed by atoms with van der Waals surface area (Å²) in [6.07, 6.45) is 2.64. The number of rotatable bonds is 8. The SMILES string of the molecule is CCC(CC)(c1ccc(C(=O)O)c(C)c1)c1cc(C)c(CC(C)C(=O)C(C)(C)C)s1. The molecule has 0 saturated heterocycles. The molecule has 1 atom stereocenters. The minimum Gasteiger partial charge on any atom is -0.478 e. The first-order valence-electron chi connectivity index (χ1n) is 10.9. The molecule has 1 unspecified atom stereocenters. The molecule has 0 radical (unpaired) electrons. The van der Waals surface area contributed by atoms with Crippen molar-refractivity contribution in [1.82, 2.24) is 0 Å². The van der Waals surface area contributed by atoms with Gasteiger partial charge in [-0.3, -0.25) is 4.79 Å². The Labute approximate surface area is 185 Å². The number of hydrogen-bond donors (Lipinski definition) is 1. The van der Waals surface area contributed by atoms with E-state index in [1.54, 1.807) is 6.07 Å². The molecule has 0 aliphatic carbocycles. The second kappa shape index (κ2) is 9.05. The van der Waals surface area contributed by atoms with Gasteiger partial charge in [0.1, 0.15) is 5.78 Å². The first kappa shape index (κ1) is 24.3. The number of carbonyl (C=O) groups excluding carboxylic acids is 1. The molecule has 1 N–H and O–H groups in total. The molecule has 4 heteroatoms. The van der Waals surface area contributed by atoms with Crippen LogP contribution in [0.3, 0.4) is 0 Å². The van der Waals surface area contributed by atoms with E-state index in [1.807, 2.05) is 58.1 Å². The van der Waals surface area contributed by atoms with Gasteiger partial charge in [-0.25, -0.2) is 4.79 Å². The maximum Gasteiger partial charge on any atom is 0.335 e. The number of ketones is 1. The smallest absolute Gasteiger partial charge is 0.335 e. The molecule has 0 bridgehead atoms. The fourth-order valence-corrected chi connectivity index (χ4v) is 6.07. The van der Waals surface area contributed by atoms with Crippen molar-refractivity contribution >= 4 is 23.1 Å². The van der Waals surface area contributed by atoms with Crippen LogP contribution in [0.1, 0.15) is 91.2 Å². The molecule has 0 aliphatic rings. The first-order chi connectivity index (χ1) is 13.9. The summed E-state index contributed by atoms with van der Waals surface area (Å²) >= 11 is 1.81. The van der Waals surface area contributed by atoms with Crippen LogP contribution in [0.5, 0.6) is 0 Å². The zero-order valence-electron chi connectivity index (χ0n) is 19.7. The van der Waals surface area contributed by atoms with E-state index < -0.39 is 5.97 Å². The second-order valence-corrected chi connectivity index (χ2v) is 10.7. The first-order valence-corrected chi connectivity index (χ1v) is 11.7. The summed E-state index contributed by atoms with van der Waals surface area (Å²) in [6.45, 7) is 16.4. The van der Waals surface area contributed by atoms with Crippen LogP contribution < -0.4 is 0 Å². The monoisotopic (exact) mass is 428 g/mol. The van der Waals surface area contributed by atoms with E-state index in [9.17, 15) is 14.7 Å². The zero-order valence-corrected chi connectivity index (χ0v) is 20.5. The van der Waals surface area contributed by atoms with Crippen LogP contribution in [-0.4, -0.2) is 16.9 Å². The van der Waals surface area contributed by atoms with E-state index in [0.29, 0.717) is 11.3 Å². The van der Waals surface area contributed by atoms with Crippen molar-refractivity contribution in [3.05, 3.63) is 56.3 Å². The third kappa shape index (κ3) is 4.69. The lowest BCUT2D eigenvalue weighted by atomic mass is 9.74. The number of benzene rings is 1. The van der Waals surface area contributed by atoms with Crippen LogP contribution >= 0.6 is 11.3 Å². The highest BCUT2D eigenvalue weighted by atomic mass is 32.1. The number of Topliss-reactive ketones (excluding diaryl/α,β-unsaturated/α-hetero) is 1. The Hall–Kier alpha value is -1.94. The van der Waals surface area contributed by atoms with Gasteiger partial charge in [0.25, 0.3) is 0 Å². The predicted molar refractivity (Wildman–Crippen MR) is 126 cm³/mol. The average molecular weight is 429 g/mol. The lowest BCUT2D eigenvalue weighted by Gasteiger charge is -2.32. The third-order valence-corrected chi connectivity index (χ3v) is 7.85. The van der Waals surface area contributed by atoms with Gasteiger partial charge < -0.3 is 5.11 Å². The van der Waals surface area contributed by atoms with Crippen LogP contribution in [0.15, 0.2) is 24.3 Å². The Bertz CT molecular complexity index is 926. The van der Waals surface area contributed by atoms with E-state index in [2.05, 4.69) is 26.8 Å². The number of carbonyl (C=O) groups is 2. The Balaban J connectivity index is 2.47. The molecule has 0 aliphatic heterocycles. The van der Waals surface area contributed by atoms with Crippen molar-refractivity contribution in [2.75, 3.05) is 0 Å². The van der Waals surface area contributed by atoms with Crippen LogP contribution in [0.25, 0.3) is 0 Å². The van der Waals surface area contributed by atoms with Crippen molar-refractivity contribution in [2.24, 2.45) is 11.3 Å². The van der Waals surface area contributed by atoms with Gasteiger partial charge in [0.2, 0.25) is 0 Å². The highest BCUT2D eigenvalue weighted by molar-refractivity contribution is 7.12. The molecular weight excluding hydrogens is 392 g/mol. The Morgan fingerprint density at radius 3 is 2.10 bits per heavy atom. The molecule has 0 saturated carbocycles. The van der Waals surface area contributed by atoms with Crippen LogP contribution in [0, 0.1) is 25.2 Å². The van der Waals surface area contributed by atoms with Gasteiger partial charge in [0.05, 0.1) is 5.56 Å². The number of hydrogen-bond acceptors (Lipinski definition) is 3. The Morgan fingerprint density at radius 2 is 1.63 bits per heavy atom. The molecule has 0 spiro atoms. The Kier molecular flexibility index (Phi) is 7.34. The van der Waals surface area contributed by atoms with E-state index in [0.717, 1.165) is 24.8 Å². The molecule has 2 rings (SSSR count). The normalized spacial score (nSPS) is 13.3. The highest BCUT2D eigenvalue weighted by Gasteiger charge is 2.34. The van der Waals surface area contributed by atoms with Gasteiger partial charge in [-0.1, -0.05) is 53.7 Å². The predicted octanol–water partition coefficient (Wildman–Crippen LogP) is 6.96. The van der Waals surface area contributed by atoms with Crippen molar-refractivity contribution in [3.63, 3.8) is 0 Å². The van der Waals surface area contributed by atoms with Crippen molar-refractivity contribution in [3.8, 4) is 0 Å². The molecule has 164 valence electrons. The van der Waals surface area contributed by atoms with Gasteiger partial charge in [-0.15, -0.1) is 11.3 Å². The Morgan fingerprint density at radius 1 is 1.03 bits per heavy atom. The summed E-state index contributed by atoms with van der Waals surface area (Å²) in [5.41, 5.74) is 3.09. The van der Waals surface area contributed by atoms with Crippen LogP contribution in [0.4, 0.5) is 0 Å². The molecule has 1 aromatic heterocycles. The van der Waals surface area contributed by atoms with E-state index in [-0.39, 0.29) is 16.7 Å². The van der Waals surface area contributed by atoms with Gasteiger partial charge in [-0.2, -0.15) is 0 Å². The van der Waals surface area contributed by atoms with Gasteiger partial charge >= 0.3 is 5.97 Å². The van der Waals surface area contributed by atoms with E-state index >= 15 is 0 Å². The number of aryl methyl sites for hydroxylation is 2. The molecule has 1 heterocycles. The van der Waals surface area contributed by atoms with Gasteiger partial charge in [0, 0.05) is 26.5 Å². The standard InChI is InChI=1S/C26H36O3S/c1-9-26(10-2,19-11-12-20(24(28)29)16(3)13-19)22-15-17(4)21(30-22)14-18(5)23(27)25(6,7)8/h11-13,15,18H,9-10,14H2,1-8H3,(H,28,29). The molecule has 30 heavy (non-hydrogen) atoms. The topological polar surface area (TPSA) is 54.4 Å². The van der Waals surface area contributed by atoms with E-state index in [4.69, 9.17) is 0 Å². The summed E-state index contributed by atoms with van der Waals surface area (Å²) in [5.74, 6) is -0.594. The van der Waals surface area contributed by atoms with Crippen molar-refractivity contribution in [1.29, 1.82) is 0 Å². The second-order valence-electron chi connectivity index (χ2n) is 9.56. The fraction of sp³-hybridized carbons (Fsp3) is 0.538. The highest BCUT2D eigenvalue weighted by Crippen LogP contribution is 2.44. The van der Waals surface area contributed by atoms with Gasteiger partial charge in [0.15, 0.2) is 0 Å². The number of aromatic carboxylic acids is 1. The number of carboxylic acids is 1. The largest absolute Gasteiger partial charge is 0.478 e. The lowest BCUT2D eigenvalue weighted by Crippen LogP contribution is -2.27. The summed E-state index contributed by atoms with van der Waals surface area (Å²) in [6, 6.07) is 8.03.